The molecule has 2 amide bonds. The van der Waals surface area contributed by atoms with E-state index < -0.39 is 11.8 Å². The van der Waals surface area contributed by atoms with Crippen LogP contribution >= 0.6 is 0 Å². The second kappa shape index (κ2) is 6.37. The lowest BCUT2D eigenvalue weighted by Crippen LogP contribution is -2.35. The van der Waals surface area contributed by atoms with Crippen LogP contribution in [0.25, 0.3) is 6.08 Å². The van der Waals surface area contributed by atoms with E-state index in [1.165, 1.54) is 25.3 Å². The number of methoxy groups -OCH3 is 1. The number of benzene rings is 2. The number of carbonyl (C=O) groups excluding carboxylic acids is 2. The van der Waals surface area contributed by atoms with Crippen molar-refractivity contribution < 1.29 is 19.4 Å². The van der Waals surface area contributed by atoms with Gasteiger partial charge in [0.15, 0.2) is 11.5 Å². The van der Waals surface area contributed by atoms with Crippen molar-refractivity contribution in [2.45, 2.75) is 0 Å². The Bertz CT molecular complexity index is 926. The summed E-state index contributed by atoms with van der Waals surface area (Å²) in [5.74, 6) is -0.849. The maximum absolute atomic E-state index is 12.5. The van der Waals surface area contributed by atoms with Crippen LogP contribution in [-0.2, 0) is 9.59 Å². The third-order valence-corrected chi connectivity index (χ3v) is 3.66. The lowest BCUT2D eigenvalue weighted by Gasteiger charge is -2.14. The molecule has 0 aliphatic carbocycles. The third-order valence-electron chi connectivity index (χ3n) is 3.66. The van der Waals surface area contributed by atoms with Gasteiger partial charge in [0.25, 0.3) is 11.8 Å². The molecule has 2 N–H and O–H groups in total. The van der Waals surface area contributed by atoms with Crippen LogP contribution in [0, 0.1) is 11.3 Å². The highest BCUT2D eigenvalue weighted by Gasteiger charge is 2.34. The molecule has 0 radical (unpaired) electrons. The van der Waals surface area contributed by atoms with Crippen molar-refractivity contribution in [3.05, 3.63) is 59.2 Å². The maximum Gasteiger partial charge on any atom is 0.282 e. The SMILES string of the molecule is COc1cc(/C=C2/C(=O)NN(c3ccc(C#N)cc3)C2=O)ccc1O. The van der Waals surface area contributed by atoms with Gasteiger partial charge in [-0.3, -0.25) is 15.0 Å². The van der Waals surface area contributed by atoms with E-state index in [2.05, 4.69) is 5.43 Å². The van der Waals surface area contributed by atoms with E-state index in [0.29, 0.717) is 16.8 Å². The molecular weight excluding hydrogens is 322 g/mol. The first-order valence-electron chi connectivity index (χ1n) is 7.28. The van der Waals surface area contributed by atoms with E-state index in [4.69, 9.17) is 10.00 Å². The van der Waals surface area contributed by atoms with Crippen LogP contribution in [0.2, 0.25) is 0 Å². The molecule has 1 aliphatic heterocycles. The second-order valence-corrected chi connectivity index (χ2v) is 5.23. The summed E-state index contributed by atoms with van der Waals surface area (Å²) in [5, 5.41) is 19.5. The Morgan fingerprint density at radius 3 is 2.56 bits per heavy atom. The lowest BCUT2D eigenvalue weighted by atomic mass is 10.1. The zero-order valence-electron chi connectivity index (χ0n) is 13.2. The monoisotopic (exact) mass is 335 g/mol. The van der Waals surface area contributed by atoms with Gasteiger partial charge in [0.2, 0.25) is 0 Å². The quantitative estimate of drug-likeness (QED) is 0.657. The predicted octanol–water partition coefficient (Wildman–Crippen LogP) is 1.73. The van der Waals surface area contributed by atoms with E-state index >= 15 is 0 Å². The summed E-state index contributed by atoms with van der Waals surface area (Å²) in [6, 6.07) is 12.8. The first-order chi connectivity index (χ1) is 12.0. The molecule has 0 bridgehead atoms. The van der Waals surface area contributed by atoms with Crippen LogP contribution in [0.1, 0.15) is 11.1 Å². The Labute approximate surface area is 143 Å². The van der Waals surface area contributed by atoms with Crippen molar-refractivity contribution in [2.24, 2.45) is 0 Å². The summed E-state index contributed by atoms with van der Waals surface area (Å²) < 4.78 is 5.01. The molecule has 1 saturated heterocycles. The molecule has 0 aromatic heterocycles. The molecule has 1 fully saturated rings. The Morgan fingerprint density at radius 2 is 1.92 bits per heavy atom. The summed E-state index contributed by atoms with van der Waals surface area (Å²) in [4.78, 5) is 24.7. The number of aromatic hydroxyl groups is 1. The number of rotatable bonds is 3. The van der Waals surface area contributed by atoms with Crippen LogP contribution in [0.3, 0.4) is 0 Å². The molecular formula is C18H13N3O4. The van der Waals surface area contributed by atoms with Gasteiger partial charge in [0.05, 0.1) is 24.4 Å². The zero-order chi connectivity index (χ0) is 18.0. The van der Waals surface area contributed by atoms with E-state index in [9.17, 15) is 14.7 Å². The minimum Gasteiger partial charge on any atom is -0.504 e. The van der Waals surface area contributed by atoms with Crippen LogP contribution in [0.4, 0.5) is 5.69 Å². The lowest BCUT2D eigenvalue weighted by molar-refractivity contribution is -0.117. The number of phenolic OH excluding ortho intramolecular Hbond substituents is 1. The first-order valence-corrected chi connectivity index (χ1v) is 7.28. The maximum atomic E-state index is 12.5. The summed E-state index contributed by atoms with van der Waals surface area (Å²) in [7, 11) is 1.41. The van der Waals surface area contributed by atoms with Crippen molar-refractivity contribution in [1.29, 1.82) is 5.26 Å². The van der Waals surface area contributed by atoms with Gasteiger partial charge in [0.1, 0.15) is 5.57 Å². The van der Waals surface area contributed by atoms with E-state index in [0.717, 1.165) is 5.01 Å². The average molecular weight is 335 g/mol. The number of nitrogens with zero attached hydrogens (tertiary/aromatic N) is 2. The summed E-state index contributed by atoms with van der Waals surface area (Å²) >= 11 is 0. The number of nitriles is 1. The molecule has 7 nitrogen and oxygen atoms in total. The smallest absolute Gasteiger partial charge is 0.282 e. The third kappa shape index (κ3) is 3.01. The minimum atomic E-state index is -0.540. The molecule has 124 valence electrons. The highest BCUT2D eigenvalue weighted by molar-refractivity contribution is 6.31. The Morgan fingerprint density at radius 1 is 1.20 bits per heavy atom. The van der Waals surface area contributed by atoms with Crippen molar-refractivity contribution in [3.8, 4) is 17.6 Å². The zero-order valence-corrected chi connectivity index (χ0v) is 13.2. The van der Waals surface area contributed by atoms with Crippen molar-refractivity contribution in [1.82, 2.24) is 5.43 Å². The molecule has 2 aromatic rings. The number of carbonyl (C=O) groups is 2. The second-order valence-electron chi connectivity index (χ2n) is 5.23. The highest BCUT2D eigenvalue weighted by Crippen LogP contribution is 2.28. The fourth-order valence-electron chi connectivity index (χ4n) is 2.37. The number of anilines is 1. The molecule has 2 aromatic carbocycles. The van der Waals surface area contributed by atoms with Gasteiger partial charge in [-0.05, 0) is 48.0 Å². The van der Waals surface area contributed by atoms with Crippen LogP contribution in [-0.4, -0.2) is 24.0 Å². The molecule has 1 heterocycles. The van der Waals surface area contributed by atoms with Gasteiger partial charge in [0, 0.05) is 0 Å². The van der Waals surface area contributed by atoms with Gasteiger partial charge < -0.3 is 9.84 Å². The molecule has 0 saturated carbocycles. The fourth-order valence-corrected chi connectivity index (χ4v) is 2.37. The number of nitrogens with one attached hydrogen (secondary N) is 1. The van der Waals surface area contributed by atoms with Crippen LogP contribution < -0.4 is 15.2 Å². The first kappa shape index (κ1) is 16.1. The molecule has 0 unspecified atom stereocenters. The van der Waals surface area contributed by atoms with Crippen molar-refractivity contribution in [2.75, 3.05) is 12.1 Å². The number of amides is 2. The Hall–Kier alpha value is -3.79. The summed E-state index contributed by atoms with van der Waals surface area (Å²) in [6.07, 6.45) is 1.42. The topological polar surface area (TPSA) is 103 Å². The van der Waals surface area contributed by atoms with Gasteiger partial charge in [-0.25, -0.2) is 5.01 Å². The molecule has 1 aliphatic rings. The summed E-state index contributed by atoms with van der Waals surface area (Å²) in [6.45, 7) is 0. The number of hydrogen-bond acceptors (Lipinski definition) is 5. The predicted molar refractivity (Wildman–Crippen MR) is 89.4 cm³/mol. The Balaban J connectivity index is 1.92. The molecule has 25 heavy (non-hydrogen) atoms. The molecule has 7 heteroatoms. The van der Waals surface area contributed by atoms with Gasteiger partial charge >= 0.3 is 0 Å². The van der Waals surface area contributed by atoms with Crippen molar-refractivity contribution in [3.63, 3.8) is 0 Å². The number of ether oxygens (including phenoxy) is 1. The van der Waals surface area contributed by atoms with Gasteiger partial charge in [-0.15, -0.1) is 0 Å². The molecule has 3 rings (SSSR count). The Kier molecular flexibility index (Phi) is 4.10. The number of hydrazine groups is 1. The number of hydrogen-bond donors (Lipinski definition) is 2. The average Bonchev–Trinajstić information content (AvgIpc) is 2.91. The van der Waals surface area contributed by atoms with E-state index in [-0.39, 0.29) is 17.1 Å². The van der Waals surface area contributed by atoms with Gasteiger partial charge in [-0.2, -0.15) is 5.26 Å². The minimum absolute atomic E-state index is 0.0361. The van der Waals surface area contributed by atoms with Crippen LogP contribution in [0.15, 0.2) is 48.0 Å². The summed E-state index contributed by atoms with van der Waals surface area (Å²) in [5.41, 5.74) is 3.87. The highest BCUT2D eigenvalue weighted by atomic mass is 16.5. The number of phenols is 1. The molecule has 0 spiro atoms. The standard InChI is InChI=1S/C18H13N3O4/c1-25-16-9-12(4-7-15(16)22)8-14-17(23)20-21(18(14)24)13-5-2-11(10-19)3-6-13/h2-9,22H,1H3,(H,20,23)/b14-8-. The normalized spacial score (nSPS) is 15.2. The van der Waals surface area contributed by atoms with Crippen LogP contribution in [0.5, 0.6) is 11.5 Å². The fraction of sp³-hybridized carbons (Fsp3) is 0.0556. The van der Waals surface area contributed by atoms with E-state index in [1.807, 2.05) is 6.07 Å². The largest absolute Gasteiger partial charge is 0.504 e. The molecule has 0 atom stereocenters. The van der Waals surface area contributed by atoms with Crippen molar-refractivity contribution >= 4 is 23.6 Å². The van der Waals surface area contributed by atoms with Gasteiger partial charge in [-0.1, -0.05) is 6.07 Å². The van der Waals surface area contributed by atoms with E-state index in [1.54, 1.807) is 30.3 Å².